The zero-order chi connectivity index (χ0) is 19.0. The third kappa shape index (κ3) is 3.29. The number of rotatable bonds is 2. The summed E-state index contributed by atoms with van der Waals surface area (Å²) < 4.78 is 16.2. The van der Waals surface area contributed by atoms with E-state index in [0.29, 0.717) is 5.39 Å². The number of fused-ring (bicyclic) bond motifs is 1. The van der Waals surface area contributed by atoms with Crippen molar-refractivity contribution in [2.75, 3.05) is 31.1 Å². The summed E-state index contributed by atoms with van der Waals surface area (Å²) in [7, 11) is 0. The molecular weight excluding hydrogens is 341 g/mol. The molecule has 0 atom stereocenters. The Bertz CT molecular complexity index is 994. The molecule has 3 aromatic rings. The Kier molecular flexibility index (Phi) is 4.60. The van der Waals surface area contributed by atoms with Crippen LogP contribution in [0.2, 0.25) is 0 Å². The molecule has 1 saturated heterocycles. The van der Waals surface area contributed by atoms with Gasteiger partial charge in [-0.15, -0.1) is 0 Å². The van der Waals surface area contributed by atoms with Crippen LogP contribution in [0.1, 0.15) is 18.9 Å². The van der Waals surface area contributed by atoms with Gasteiger partial charge < -0.3 is 14.4 Å². The molecule has 0 unspecified atom stereocenters. The highest BCUT2D eigenvalue weighted by Gasteiger charge is 2.17. The summed E-state index contributed by atoms with van der Waals surface area (Å²) in [5, 5.41) is 0.646. The van der Waals surface area contributed by atoms with Crippen LogP contribution in [-0.4, -0.2) is 41.6 Å². The van der Waals surface area contributed by atoms with Gasteiger partial charge in [0, 0.05) is 56.1 Å². The maximum Gasteiger partial charge on any atom is 0.219 e. The van der Waals surface area contributed by atoms with Crippen LogP contribution in [0.25, 0.3) is 16.6 Å². The second kappa shape index (κ2) is 7.06. The van der Waals surface area contributed by atoms with Gasteiger partial charge in [-0.05, 0) is 49.2 Å². The summed E-state index contributed by atoms with van der Waals surface area (Å²) in [5.74, 6) is -0.0516. The second-order valence-electron chi connectivity index (χ2n) is 7.18. The number of anilines is 1. The first kappa shape index (κ1) is 17.6. The van der Waals surface area contributed by atoms with E-state index in [0.717, 1.165) is 55.1 Å². The summed E-state index contributed by atoms with van der Waals surface area (Å²) in [6, 6.07) is 13.5. The summed E-state index contributed by atoms with van der Waals surface area (Å²) >= 11 is 0. The number of amides is 1. The second-order valence-corrected chi connectivity index (χ2v) is 7.18. The molecular formula is C22H24FN3O. The van der Waals surface area contributed by atoms with Crippen molar-refractivity contribution in [3.63, 3.8) is 0 Å². The fourth-order valence-corrected chi connectivity index (χ4v) is 3.94. The fraction of sp³-hybridized carbons (Fsp3) is 0.318. The summed E-state index contributed by atoms with van der Waals surface area (Å²) in [6.07, 6.45) is 2.89. The molecule has 4 nitrogen and oxygen atoms in total. The van der Waals surface area contributed by atoms with Crippen molar-refractivity contribution in [2.45, 2.75) is 20.3 Å². The molecule has 0 spiro atoms. The SMILES string of the molecule is CC(=O)N1CCCN(c2cccc(-n3ccc4c(F)ccc(C)c43)c2)CC1. The molecule has 0 aliphatic carbocycles. The van der Waals surface area contributed by atoms with E-state index in [4.69, 9.17) is 0 Å². The molecule has 27 heavy (non-hydrogen) atoms. The third-order valence-corrected chi connectivity index (χ3v) is 5.41. The minimum absolute atomic E-state index is 0.141. The van der Waals surface area contributed by atoms with Gasteiger partial charge in [0.15, 0.2) is 0 Å². The molecule has 2 heterocycles. The highest BCUT2D eigenvalue weighted by atomic mass is 19.1. The predicted octanol–water partition coefficient (Wildman–Crippen LogP) is 4.14. The number of aromatic nitrogens is 1. The van der Waals surface area contributed by atoms with Crippen LogP contribution >= 0.6 is 0 Å². The van der Waals surface area contributed by atoms with Crippen molar-refractivity contribution in [1.29, 1.82) is 0 Å². The van der Waals surface area contributed by atoms with Gasteiger partial charge in [-0.25, -0.2) is 4.39 Å². The molecule has 0 bridgehead atoms. The number of benzene rings is 2. The zero-order valence-electron chi connectivity index (χ0n) is 15.8. The van der Waals surface area contributed by atoms with Gasteiger partial charge in [0.25, 0.3) is 0 Å². The van der Waals surface area contributed by atoms with Crippen LogP contribution in [-0.2, 0) is 4.79 Å². The normalized spacial score (nSPS) is 15.2. The van der Waals surface area contributed by atoms with Crippen molar-refractivity contribution in [3.05, 3.63) is 60.0 Å². The molecule has 0 saturated carbocycles. The third-order valence-electron chi connectivity index (χ3n) is 5.41. The smallest absolute Gasteiger partial charge is 0.219 e. The molecule has 0 radical (unpaired) electrons. The first-order valence-corrected chi connectivity index (χ1v) is 9.41. The first-order valence-electron chi connectivity index (χ1n) is 9.41. The number of nitrogens with zero attached hydrogens (tertiary/aromatic N) is 3. The highest BCUT2D eigenvalue weighted by Crippen LogP contribution is 2.28. The predicted molar refractivity (Wildman–Crippen MR) is 107 cm³/mol. The molecule has 4 rings (SSSR count). The van der Waals surface area contributed by atoms with Crippen LogP contribution in [0.15, 0.2) is 48.7 Å². The minimum Gasteiger partial charge on any atom is -0.370 e. The molecule has 140 valence electrons. The number of carbonyl (C=O) groups is 1. The summed E-state index contributed by atoms with van der Waals surface area (Å²) in [6.45, 7) is 6.95. The lowest BCUT2D eigenvalue weighted by atomic mass is 10.1. The Balaban J connectivity index is 1.68. The van der Waals surface area contributed by atoms with Crippen LogP contribution in [0.5, 0.6) is 0 Å². The molecule has 5 heteroatoms. The lowest BCUT2D eigenvalue weighted by Crippen LogP contribution is -2.33. The van der Waals surface area contributed by atoms with E-state index in [1.807, 2.05) is 42.3 Å². The van der Waals surface area contributed by atoms with Gasteiger partial charge in [-0.1, -0.05) is 12.1 Å². The van der Waals surface area contributed by atoms with Gasteiger partial charge in [0.2, 0.25) is 5.91 Å². The molecule has 1 aliphatic rings. The van der Waals surface area contributed by atoms with Crippen molar-refractivity contribution in [3.8, 4) is 5.69 Å². The average molecular weight is 365 g/mol. The number of hydrogen-bond donors (Lipinski definition) is 0. The van der Waals surface area contributed by atoms with E-state index >= 15 is 0 Å². The van der Waals surface area contributed by atoms with Crippen LogP contribution in [0, 0.1) is 12.7 Å². The number of hydrogen-bond acceptors (Lipinski definition) is 2. The number of aryl methyl sites for hydroxylation is 1. The van der Waals surface area contributed by atoms with Crippen molar-refractivity contribution >= 4 is 22.5 Å². The lowest BCUT2D eigenvalue weighted by molar-refractivity contribution is -0.128. The van der Waals surface area contributed by atoms with Crippen LogP contribution in [0.4, 0.5) is 10.1 Å². The monoisotopic (exact) mass is 365 g/mol. The maximum absolute atomic E-state index is 14.2. The van der Waals surface area contributed by atoms with Crippen LogP contribution in [0.3, 0.4) is 0 Å². The van der Waals surface area contributed by atoms with E-state index in [1.54, 1.807) is 6.92 Å². The first-order chi connectivity index (χ1) is 13.0. The zero-order valence-corrected chi connectivity index (χ0v) is 15.8. The summed E-state index contributed by atoms with van der Waals surface area (Å²) in [5.41, 5.74) is 4.11. The van der Waals surface area contributed by atoms with Gasteiger partial charge in [0.05, 0.1) is 5.52 Å². The Morgan fingerprint density at radius 1 is 1.00 bits per heavy atom. The van der Waals surface area contributed by atoms with Crippen molar-refractivity contribution in [1.82, 2.24) is 9.47 Å². The van der Waals surface area contributed by atoms with E-state index in [2.05, 4.69) is 21.6 Å². The van der Waals surface area contributed by atoms with E-state index in [9.17, 15) is 9.18 Å². The highest BCUT2D eigenvalue weighted by molar-refractivity contribution is 5.85. The Hall–Kier alpha value is -2.82. The molecule has 2 aromatic carbocycles. The van der Waals surface area contributed by atoms with Crippen molar-refractivity contribution in [2.24, 2.45) is 0 Å². The van der Waals surface area contributed by atoms with Crippen molar-refractivity contribution < 1.29 is 9.18 Å². The van der Waals surface area contributed by atoms with Gasteiger partial charge >= 0.3 is 0 Å². The molecule has 1 aliphatic heterocycles. The van der Waals surface area contributed by atoms with Gasteiger partial charge in [-0.2, -0.15) is 0 Å². The Morgan fingerprint density at radius 2 is 1.81 bits per heavy atom. The fourth-order valence-electron chi connectivity index (χ4n) is 3.94. The minimum atomic E-state index is -0.192. The Morgan fingerprint density at radius 3 is 2.63 bits per heavy atom. The number of halogens is 1. The van der Waals surface area contributed by atoms with E-state index in [-0.39, 0.29) is 11.7 Å². The Labute approximate surface area is 158 Å². The standard InChI is InChI=1S/C22H24FN3O/c1-16-7-8-21(23)20-9-12-26(22(16)20)19-6-3-5-18(15-19)25-11-4-10-24(13-14-25)17(2)27/h3,5-9,12,15H,4,10-11,13-14H2,1-2H3. The van der Waals surface area contributed by atoms with Crippen LogP contribution < -0.4 is 4.90 Å². The molecule has 1 amide bonds. The average Bonchev–Trinajstić information content (AvgIpc) is 2.97. The van der Waals surface area contributed by atoms with E-state index in [1.165, 1.54) is 6.07 Å². The van der Waals surface area contributed by atoms with E-state index < -0.39 is 0 Å². The van der Waals surface area contributed by atoms with Gasteiger partial charge in [-0.3, -0.25) is 4.79 Å². The number of carbonyl (C=O) groups excluding carboxylic acids is 1. The largest absolute Gasteiger partial charge is 0.370 e. The molecule has 1 fully saturated rings. The topological polar surface area (TPSA) is 28.5 Å². The quantitative estimate of drug-likeness (QED) is 0.683. The molecule has 0 N–H and O–H groups in total. The lowest BCUT2D eigenvalue weighted by Gasteiger charge is -2.24. The van der Waals surface area contributed by atoms with Gasteiger partial charge in [0.1, 0.15) is 5.82 Å². The molecule has 1 aromatic heterocycles. The summed E-state index contributed by atoms with van der Waals surface area (Å²) in [4.78, 5) is 15.9. The maximum atomic E-state index is 14.2.